The Bertz CT molecular complexity index is 824. The molecule has 0 aliphatic heterocycles. The van der Waals surface area contributed by atoms with Crippen LogP contribution in [0.5, 0.6) is 5.75 Å². The molecule has 3 aromatic rings. The molecule has 0 aliphatic carbocycles. The van der Waals surface area contributed by atoms with E-state index in [0.717, 1.165) is 28.2 Å². The van der Waals surface area contributed by atoms with Crippen LogP contribution < -0.4 is 10.1 Å². The van der Waals surface area contributed by atoms with Crippen LogP contribution in [0, 0.1) is 0 Å². The number of hydrogen-bond donors (Lipinski definition) is 1. The Labute approximate surface area is 158 Å². The van der Waals surface area contributed by atoms with Gasteiger partial charge in [-0.15, -0.1) is 11.3 Å². The molecule has 0 spiro atoms. The van der Waals surface area contributed by atoms with Crippen molar-refractivity contribution in [2.75, 3.05) is 7.11 Å². The Balaban J connectivity index is 1.75. The SMILES string of the molecule is CCc1ccc([C@@H](NC(=O)Cc2ccc(OC)cc2)c2cccs2)cc1. The number of thiophene rings is 1. The number of hydrogen-bond acceptors (Lipinski definition) is 3. The molecule has 1 amide bonds. The van der Waals surface area contributed by atoms with Crippen LogP contribution in [0.1, 0.15) is 34.5 Å². The highest BCUT2D eigenvalue weighted by molar-refractivity contribution is 7.10. The standard InChI is InChI=1S/C22H23NO2S/c1-3-16-6-10-18(11-7-16)22(20-5-4-14-26-20)23-21(24)15-17-8-12-19(25-2)13-9-17/h4-14,22H,3,15H2,1-2H3,(H,23,24)/t22-/m1/s1. The number of aryl methyl sites for hydroxylation is 1. The quantitative estimate of drug-likeness (QED) is 0.655. The summed E-state index contributed by atoms with van der Waals surface area (Å²) >= 11 is 1.66. The van der Waals surface area contributed by atoms with Gasteiger partial charge in [0.25, 0.3) is 0 Å². The number of carbonyl (C=O) groups is 1. The molecule has 2 aromatic carbocycles. The molecule has 3 nitrogen and oxygen atoms in total. The van der Waals surface area contributed by atoms with Crippen molar-refractivity contribution in [1.29, 1.82) is 0 Å². The fourth-order valence-corrected chi connectivity index (χ4v) is 3.66. The number of ether oxygens (including phenoxy) is 1. The molecule has 0 aliphatic rings. The predicted molar refractivity (Wildman–Crippen MR) is 107 cm³/mol. The van der Waals surface area contributed by atoms with Gasteiger partial charge in [-0.1, -0.05) is 49.4 Å². The topological polar surface area (TPSA) is 38.3 Å². The third-order valence-corrected chi connectivity index (χ3v) is 5.32. The maximum absolute atomic E-state index is 12.6. The van der Waals surface area contributed by atoms with Crippen LogP contribution in [0.15, 0.2) is 66.0 Å². The molecule has 0 radical (unpaired) electrons. The molecule has 0 saturated carbocycles. The summed E-state index contributed by atoms with van der Waals surface area (Å²) in [5.74, 6) is 0.801. The fraction of sp³-hybridized carbons (Fsp3) is 0.227. The molecule has 3 rings (SSSR count). The Morgan fingerprint density at radius 2 is 1.73 bits per heavy atom. The smallest absolute Gasteiger partial charge is 0.225 e. The molecule has 134 valence electrons. The van der Waals surface area contributed by atoms with Crippen molar-refractivity contribution in [3.8, 4) is 5.75 Å². The number of amides is 1. The highest BCUT2D eigenvalue weighted by Gasteiger charge is 2.18. The van der Waals surface area contributed by atoms with Gasteiger partial charge in [-0.3, -0.25) is 4.79 Å². The molecule has 26 heavy (non-hydrogen) atoms. The molecule has 0 bridgehead atoms. The molecule has 1 aromatic heterocycles. The minimum Gasteiger partial charge on any atom is -0.497 e. The average molecular weight is 365 g/mol. The highest BCUT2D eigenvalue weighted by atomic mass is 32.1. The summed E-state index contributed by atoms with van der Waals surface area (Å²) in [6.45, 7) is 2.14. The minimum atomic E-state index is -0.119. The van der Waals surface area contributed by atoms with Crippen LogP contribution in [0.2, 0.25) is 0 Å². The summed E-state index contributed by atoms with van der Waals surface area (Å²) in [6, 6.07) is 20.0. The summed E-state index contributed by atoms with van der Waals surface area (Å²) in [6.07, 6.45) is 1.35. The van der Waals surface area contributed by atoms with Gasteiger partial charge in [0.2, 0.25) is 5.91 Å². The molecule has 0 fully saturated rings. The first-order valence-electron chi connectivity index (χ1n) is 8.74. The van der Waals surface area contributed by atoms with Crippen molar-refractivity contribution >= 4 is 17.2 Å². The predicted octanol–water partition coefficient (Wildman–Crippen LogP) is 4.77. The van der Waals surface area contributed by atoms with E-state index < -0.39 is 0 Å². The van der Waals surface area contributed by atoms with Gasteiger partial charge in [0.05, 0.1) is 19.6 Å². The van der Waals surface area contributed by atoms with Crippen LogP contribution in [-0.4, -0.2) is 13.0 Å². The van der Waals surface area contributed by atoms with Crippen molar-refractivity contribution < 1.29 is 9.53 Å². The molecule has 1 atom stereocenters. The fourth-order valence-electron chi connectivity index (χ4n) is 2.86. The van der Waals surface area contributed by atoms with Gasteiger partial charge in [-0.25, -0.2) is 0 Å². The Hall–Kier alpha value is -2.59. The van der Waals surface area contributed by atoms with E-state index in [4.69, 9.17) is 4.74 Å². The summed E-state index contributed by atoms with van der Waals surface area (Å²) in [5, 5.41) is 5.23. The first-order chi connectivity index (χ1) is 12.7. The van der Waals surface area contributed by atoms with Gasteiger partial charge in [0, 0.05) is 4.88 Å². The van der Waals surface area contributed by atoms with Gasteiger partial charge in [0.1, 0.15) is 5.75 Å². The number of benzene rings is 2. The molecule has 4 heteroatoms. The summed E-state index contributed by atoms with van der Waals surface area (Å²) < 4.78 is 5.17. The first kappa shape index (κ1) is 18.2. The molecule has 1 N–H and O–H groups in total. The van der Waals surface area contributed by atoms with Gasteiger partial charge in [-0.2, -0.15) is 0 Å². The molecular weight excluding hydrogens is 342 g/mol. The van der Waals surface area contributed by atoms with Crippen LogP contribution in [0.4, 0.5) is 0 Å². The zero-order chi connectivity index (χ0) is 18.4. The van der Waals surface area contributed by atoms with E-state index in [1.165, 1.54) is 5.56 Å². The number of rotatable bonds is 7. The Kier molecular flexibility index (Phi) is 6.08. The second-order valence-corrected chi connectivity index (χ2v) is 7.12. The maximum atomic E-state index is 12.6. The van der Waals surface area contributed by atoms with Gasteiger partial charge < -0.3 is 10.1 Å². The lowest BCUT2D eigenvalue weighted by molar-refractivity contribution is -0.120. The van der Waals surface area contributed by atoms with E-state index in [2.05, 4.69) is 42.6 Å². The van der Waals surface area contributed by atoms with E-state index in [1.807, 2.05) is 35.7 Å². The first-order valence-corrected chi connectivity index (χ1v) is 9.62. The highest BCUT2D eigenvalue weighted by Crippen LogP contribution is 2.26. The Morgan fingerprint density at radius 1 is 1.04 bits per heavy atom. The monoisotopic (exact) mass is 365 g/mol. The Morgan fingerprint density at radius 3 is 2.31 bits per heavy atom. The van der Waals surface area contributed by atoms with E-state index in [0.29, 0.717) is 6.42 Å². The van der Waals surface area contributed by atoms with Crippen molar-refractivity contribution in [3.63, 3.8) is 0 Å². The zero-order valence-electron chi connectivity index (χ0n) is 15.1. The second kappa shape index (κ2) is 8.68. The zero-order valence-corrected chi connectivity index (χ0v) is 15.9. The normalized spacial score (nSPS) is 11.8. The van der Waals surface area contributed by atoms with Crippen LogP contribution in [0.25, 0.3) is 0 Å². The van der Waals surface area contributed by atoms with Crippen LogP contribution in [-0.2, 0) is 17.6 Å². The number of nitrogens with one attached hydrogen (secondary N) is 1. The van der Waals surface area contributed by atoms with Crippen molar-refractivity contribution in [2.24, 2.45) is 0 Å². The molecule has 0 saturated heterocycles. The third-order valence-electron chi connectivity index (χ3n) is 4.38. The largest absolute Gasteiger partial charge is 0.497 e. The van der Waals surface area contributed by atoms with Gasteiger partial charge in [0.15, 0.2) is 0 Å². The van der Waals surface area contributed by atoms with Crippen molar-refractivity contribution in [1.82, 2.24) is 5.32 Å². The van der Waals surface area contributed by atoms with E-state index >= 15 is 0 Å². The minimum absolute atomic E-state index is 0.00753. The van der Waals surface area contributed by atoms with Crippen molar-refractivity contribution in [3.05, 3.63) is 87.6 Å². The number of methoxy groups -OCH3 is 1. The average Bonchev–Trinajstić information content (AvgIpc) is 3.21. The lowest BCUT2D eigenvalue weighted by atomic mass is 10.0. The summed E-state index contributed by atoms with van der Waals surface area (Å²) in [5.41, 5.74) is 3.37. The van der Waals surface area contributed by atoms with Gasteiger partial charge in [-0.05, 0) is 46.7 Å². The maximum Gasteiger partial charge on any atom is 0.225 e. The molecule has 0 unspecified atom stereocenters. The molecular formula is C22H23NO2S. The third kappa shape index (κ3) is 4.52. The van der Waals surface area contributed by atoms with E-state index in [9.17, 15) is 4.79 Å². The van der Waals surface area contributed by atoms with E-state index in [-0.39, 0.29) is 11.9 Å². The summed E-state index contributed by atoms with van der Waals surface area (Å²) in [4.78, 5) is 13.8. The second-order valence-electron chi connectivity index (χ2n) is 6.14. The lowest BCUT2D eigenvalue weighted by Crippen LogP contribution is -2.30. The van der Waals surface area contributed by atoms with E-state index in [1.54, 1.807) is 18.4 Å². The molecule has 1 heterocycles. The summed E-state index contributed by atoms with van der Waals surface area (Å²) in [7, 11) is 1.64. The van der Waals surface area contributed by atoms with Crippen molar-refractivity contribution in [2.45, 2.75) is 25.8 Å². The van der Waals surface area contributed by atoms with Gasteiger partial charge >= 0.3 is 0 Å². The van der Waals surface area contributed by atoms with Crippen LogP contribution >= 0.6 is 11.3 Å². The van der Waals surface area contributed by atoms with Crippen LogP contribution in [0.3, 0.4) is 0 Å². The lowest BCUT2D eigenvalue weighted by Gasteiger charge is -2.18. The number of carbonyl (C=O) groups excluding carboxylic acids is 1.